The van der Waals surface area contributed by atoms with Gasteiger partial charge < -0.3 is 0 Å². The van der Waals surface area contributed by atoms with E-state index in [4.69, 9.17) is 0 Å². The number of para-hydroxylation sites is 2. The van der Waals surface area contributed by atoms with Gasteiger partial charge in [0.05, 0.1) is 11.4 Å². The molecule has 6 nitrogen and oxygen atoms in total. The van der Waals surface area contributed by atoms with E-state index >= 15 is 0 Å². The average molecular weight is 326 g/mol. The molecule has 6 heteroatoms. The highest BCUT2D eigenvalue weighted by molar-refractivity contribution is 6.01. The van der Waals surface area contributed by atoms with Crippen LogP contribution in [-0.2, 0) is 9.59 Å². The SMILES string of the molecule is CC(C)C(C(=O)NNc1ccccc1)C(=O)NNc1ccccc1. The molecule has 24 heavy (non-hydrogen) atoms. The molecular weight excluding hydrogens is 304 g/mol. The number of carbonyl (C=O) groups excluding carboxylic acids is 2. The number of anilines is 2. The summed E-state index contributed by atoms with van der Waals surface area (Å²) in [6.45, 7) is 3.66. The van der Waals surface area contributed by atoms with Gasteiger partial charge in [-0.15, -0.1) is 0 Å². The molecule has 0 spiro atoms. The molecule has 4 N–H and O–H groups in total. The Morgan fingerprint density at radius 2 is 1.08 bits per heavy atom. The Hall–Kier alpha value is -3.02. The van der Waals surface area contributed by atoms with Crippen molar-refractivity contribution in [1.82, 2.24) is 10.9 Å². The molecular formula is C18H22N4O2. The molecule has 2 amide bonds. The molecule has 2 rings (SSSR count). The van der Waals surface area contributed by atoms with E-state index in [0.717, 1.165) is 11.4 Å². The molecule has 0 atom stereocenters. The second kappa shape index (κ2) is 8.57. The molecule has 0 heterocycles. The minimum Gasteiger partial charge on any atom is -0.299 e. The van der Waals surface area contributed by atoms with Crippen molar-refractivity contribution < 1.29 is 9.59 Å². The molecule has 0 unspecified atom stereocenters. The summed E-state index contributed by atoms with van der Waals surface area (Å²) >= 11 is 0. The molecule has 0 aliphatic rings. The molecule has 2 aromatic rings. The molecule has 2 aromatic carbocycles. The van der Waals surface area contributed by atoms with E-state index in [1.165, 1.54) is 0 Å². The van der Waals surface area contributed by atoms with Gasteiger partial charge in [0, 0.05) is 0 Å². The van der Waals surface area contributed by atoms with E-state index in [-0.39, 0.29) is 17.7 Å². The van der Waals surface area contributed by atoms with Crippen LogP contribution in [0.3, 0.4) is 0 Å². The average Bonchev–Trinajstić information content (AvgIpc) is 2.60. The molecule has 0 fully saturated rings. The predicted molar refractivity (Wildman–Crippen MR) is 94.7 cm³/mol. The minimum absolute atomic E-state index is 0.153. The maximum atomic E-state index is 12.3. The second-order valence-electron chi connectivity index (χ2n) is 5.68. The van der Waals surface area contributed by atoms with Crippen molar-refractivity contribution >= 4 is 23.2 Å². The number of hydrogen-bond acceptors (Lipinski definition) is 4. The molecule has 0 radical (unpaired) electrons. The Labute approximate surface area is 141 Å². The first-order chi connectivity index (χ1) is 11.6. The topological polar surface area (TPSA) is 82.3 Å². The summed E-state index contributed by atoms with van der Waals surface area (Å²) in [5.74, 6) is -1.75. The lowest BCUT2D eigenvalue weighted by Gasteiger charge is -2.20. The van der Waals surface area contributed by atoms with Crippen LogP contribution in [0.25, 0.3) is 0 Å². The highest BCUT2D eigenvalue weighted by atomic mass is 16.2. The summed E-state index contributed by atoms with van der Waals surface area (Å²) in [4.78, 5) is 24.7. The summed E-state index contributed by atoms with van der Waals surface area (Å²) in [6.07, 6.45) is 0. The Morgan fingerprint density at radius 1 is 0.708 bits per heavy atom. The van der Waals surface area contributed by atoms with E-state index < -0.39 is 5.92 Å². The number of carbonyl (C=O) groups is 2. The van der Waals surface area contributed by atoms with Gasteiger partial charge in [-0.1, -0.05) is 50.2 Å². The van der Waals surface area contributed by atoms with Crippen molar-refractivity contribution in [3.63, 3.8) is 0 Å². The molecule has 126 valence electrons. The van der Waals surface area contributed by atoms with Crippen LogP contribution in [0, 0.1) is 11.8 Å². The third-order valence-corrected chi connectivity index (χ3v) is 3.44. The predicted octanol–water partition coefficient (Wildman–Crippen LogP) is 2.55. The fourth-order valence-electron chi connectivity index (χ4n) is 2.19. The third kappa shape index (κ3) is 5.01. The number of hydrogen-bond donors (Lipinski definition) is 4. The minimum atomic E-state index is -0.822. The van der Waals surface area contributed by atoms with Crippen molar-refractivity contribution in [3.8, 4) is 0 Å². The fraction of sp³-hybridized carbons (Fsp3) is 0.222. The lowest BCUT2D eigenvalue weighted by Crippen LogP contribution is -2.47. The summed E-state index contributed by atoms with van der Waals surface area (Å²) in [7, 11) is 0. The van der Waals surface area contributed by atoms with E-state index in [1.807, 2.05) is 74.5 Å². The first-order valence-corrected chi connectivity index (χ1v) is 7.79. The summed E-state index contributed by atoms with van der Waals surface area (Å²) in [6, 6.07) is 18.5. The highest BCUT2D eigenvalue weighted by Crippen LogP contribution is 2.12. The Bertz CT molecular complexity index is 604. The van der Waals surface area contributed by atoms with Gasteiger partial charge in [-0.25, -0.2) is 0 Å². The molecule has 0 aliphatic carbocycles. The Kier molecular flexibility index (Phi) is 6.19. The zero-order valence-electron chi connectivity index (χ0n) is 13.7. The maximum Gasteiger partial charge on any atom is 0.251 e. The van der Waals surface area contributed by atoms with Gasteiger partial charge in [0.2, 0.25) is 0 Å². The molecule has 0 saturated heterocycles. The standard InChI is InChI=1S/C18H22N4O2/c1-13(2)16(17(23)21-19-14-9-5-3-6-10-14)18(24)22-20-15-11-7-4-8-12-15/h3-13,16,19-20H,1-2H3,(H,21,23)(H,22,24). The summed E-state index contributed by atoms with van der Waals surface area (Å²) in [5, 5.41) is 0. The Morgan fingerprint density at radius 3 is 1.42 bits per heavy atom. The van der Waals surface area contributed by atoms with Crippen LogP contribution in [-0.4, -0.2) is 11.8 Å². The largest absolute Gasteiger partial charge is 0.299 e. The number of nitrogens with one attached hydrogen (secondary N) is 4. The zero-order valence-corrected chi connectivity index (χ0v) is 13.7. The van der Waals surface area contributed by atoms with Gasteiger partial charge >= 0.3 is 0 Å². The normalized spacial score (nSPS) is 10.3. The van der Waals surface area contributed by atoms with Crippen LogP contribution in [0.5, 0.6) is 0 Å². The molecule has 0 saturated carbocycles. The van der Waals surface area contributed by atoms with Gasteiger partial charge in [0.1, 0.15) is 5.92 Å². The van der Waals surface area contributed by atoms with E-state index in [1.54, 1.807) is 0 Å². The van der Waals surface area contributed by atoms with Crippen molar-refractivity contribution in [1.29, 1.82) is 0 Å². The fourth-order valence-corrected chi connectivity index (χ4v) is 2.19. The second-order valence-corrected chi connectivity index (χ2v) is 5.68. The van der Waals surface area contributed by atoms with Crippen molar-refractivity contribution in [3.05, 3.63) is 60.7 Å². The first kappa shape index (κ1) is 17.3. The number of rotatable bonds is 7. The van der Waals surface area contributed by atoms with Crippen molar-refractivity contribution in [2.45, 2.75) is 13.8 Å². The van der Waals surface area contributed by atoms with Crippen molar-refractivity contribution in [2.24, 2.45) is 11.8 Å². The summed E-state index contributed by atoms with van der Waals surface area (Å²) < 4.78 is 0. The quantitative estimate of drug-likeness (QED) is 0.465. The smallest absolute Gasteiger partial charge is 0.251 e. The van der Waals surface area contributed by atoms with Crippen LogP contribution in [0.4, 0.5) is 11.4 Å². The first-order valence-electron chi connectivity index (χ1n) is 7.79. The van der Waals surface area contributed by atoms with Crippen LogP contribution in [0.1, 0.15) is 13.8 Å². The van der Waals surface area contributed by atoms with Crippen LogP contribution < -0.4 is 21.7 Å². The van der Waals surface area contributed by atoms with Gasteiger partial charge in [-0.2, -0.15) is 0 Å². The highest BCUT2D eigenvalue weighted by Gasteiger charge is 2.29. The van der Waals surface area contributed by atoms with Crippen LogP contribution >= 0.6 is 0 Å². The lowest BCUT2D eigenvalue weighted by molar-refractivity contribution is -0.136. The van der Waals surface area contributed by atoms with Crippen LogP contribution in [0.15, 0.2) is 60.7 Å². The summed E-state index contributed by atoms with van der Waals surface area (Å²) in [5.41, 5.74) is 12.3. The van der Waals surface area contributed by atoms with Gasteiger partial charge in [-0.3, -0.25) is 31.3 Å². The van der Waals surface area contributed by atoms with Gasteiger partial charge in [0.15, 0.2) is 0 Å². The van der Waals surface area contributed by atoms with E-state index in [9.17, 15) is 9.59 Å². The van der Waals surface area contributed by atoms with Gasteiger partial charge in [0.25, 0.3) is 11.8 Å². The molecule has 0 aromatic heterocycles. The van der Waals surface area contributed by atoms with Gasteiger partial charge in [-0.05, 0) is 30.2 Å². The van der Waals surface area contributed by atoms with E-state index in [2.05, 4.69) is 21.7 Å². The van der Waals surface area contributed by atoms with Crippen LogP contribution in [0.2, 0.25) is 0 Å². The monoisotopic (exact) mass is 326 g/mol. The number of amides is 2. The maximum absolute atomic E-state index is 12.3. The zero-order chi connectivity index (χ0) is 17.4. The molecule has 0 aliphatic heterocycles. The lowest BCUT2D eigenvalue weighted by atomic mass is 9.94. The number of hydrazine groups is 2. The van der Waals surface area contributed by atoms with E-state index in [0.29, 0.717) is 0 Å². The number of benzene rings is 2. The third-order valence-electron chi connectivity index (χ3n) is 3.44. The molecule has 0 bridgehead atoms. The Balaban J connectivity index is 1.92. The van der Waals surface area contributed by atoms with Crippen molar-refractivity contribution in [2.75, 3.05) is 10.9 Å².